The summed E-state index contributed by atoms with van der Waals surface area (Å²) < 4.78 is 10.9. The molecule has 2 atom stereocenters. The summed E-state index contributed by atoms with van der Waals surface area (Å²) in [4.78, 5) is 14.3. The number of furan rings is 1. The van der Waals surface area contributed by atoms with Crippen LogP contribution in [0.15, 0.2) is 28.9 Å². The summed E-state index contributed by atoms with van der Waals surface area (Å²) in [5, 5.41) is 2.96. The summed E-state index contributed by atoms with van der Waals surface area (Å²) in [6.45, 7) is 10.8. The van der Waals surface area contributed by atoms with Crippen LogP contribution < -0.4 is 5.32 Å². The van der Waals surface area contributed by atoms with E-state index >= 15 is 0 Å². The van der Waals surface area contributed by atoms with Gasteiger partial charge in [0.15, 0.2) is 0 Å². The van der Waals surface area contributed by atoms with Crippen molar-refractivity contribution in [1.29, 1.82) is 0 Å². The Kier molecular flexibility index (Phi) is 5.42. The van der Waals surface area contributed by atoms with Crippen molar-refractivity contribution in [1.82, 2.24) is 10.2 Å². The van der Waals surface area contributed by atoms with Crippen molar-refractivity contribution < 1.29 is 13.9 Å². The molecular weight excluding hydrogens is 280 g/mol. The predicted octanol–water partition coefficient (Wildman–Crippen LogP) is 2.30. The molecular formula is C17H26N2O3. The zero-order valence-electron chi connectivity index (χ0n) is 13.8. The zero-order valence-corrected chi connectivity index (χ0v) is 13.8. The van der Waals surface area contributed by atoms with Gasteiger partial charge in [-0.15, -0.1) is 0 Å². The average Bonchev–Trinajstić information content (AvgIpc) is 2.95. The molecule has 2 heterocycles. The lowest BCUT2D eigenvalue weighted by molar-refractivity contribution is -0.118. The number of amides is 1. The Labute approximate surface area is 132 Å². The van der Waals surface area contributed by atoms with Gasteiger partial charge in [0.25, 0.3) is 0 Å². The Hall–Kier alpha value is -1.59. The van der Waals surface area contributed by atoms with Crippen LogP contribution in [0.2, 0.25) is 0 Å². The van der Waals surface area contributed by atoms with Crippen molar-refractivity contribution >= 4 is 12.0 Å². The standard InChI is InChI=1S/C17H26N2O3/c1-13-10-19(11-14(2)22-13)17(3,4)12-18-16(20)8-7-15-6-5-9-21-15/h5-9,13-14H,10-12H2,1-4H3,(H,18,20)/b8-7+. The average molecular weight is 306 g/mol. The summed E-state index contributed by atoms with van der Waals surface area (Å²) in [6, 6.07) is 3.60. The lowest BCUT2D eigenvalue weighted by Crippen LogP contribution is -2.58. The first-order valence-corrected chi connectivity index (χ1v) is 7.77. The van der Waals surface area contributed by atoms with Crippen LogP contribution in [-0.2, 0) is 9.53 Å². The fourth-order valence-corrected chi connectivity index (χ4v) is 2.69. The van der Waals surface area contributed by atoms with Gasteiger partial charge in [-0.05, 0) is 45.9 Å². The molecule has 1 aromatic heterocycles. The Morgan fingerprint density at radius 1 is 1.41 bits per heavy atom. The van der Waals surface area contributed by atoms with Crippen molar-refractivity contribution in [3.63, 3.8) is 0 Å². The van der Waals surface area contributed by atoms with Crippen LogP contribution >= 0.6 is 0 Å². The largest absolute Gasteiger partial charge is 0.465 e. The van der Waals surface area contributed by atoms with Gasteiger partial charge in [0, 0.05) is 31.2 Å². The number of nitrogens with one attached hydrogen (secondary N) is 1. The molecule has 122 valence electrons. The van der Waals surface area contributed by atoms with E-state index in [1.54, 1.807) is 18.4 Å². The monoisotopic (exact) mass is 306 g/mol. The van der Waals surface area contributed by atoms with Crippen LogP contribution in [0.1, 0.15) is 33.5 Å². The number of rotatable bonds is 5. The lowest BCUT2D eigenvalue weighted by Gasteiger charge is -2.45. The quantitative estimate of drug-likeness (QED) is 0.848. The number of hydrogen-bond donors (Lipinski definition) is 1. The van der Waals surface area contributed by atoms with Gasteiger partial charge in [-0.3, -0.25) is 9.69 Å². The maximum absolute atomic E-state index is 11.9. The first kappa shape index (κ1) is 16.8. The summed E-state index contributed by atoms with van der Waals surface area (Å²) in [7, 11) is 0. The minimum absolute atomic E-state index is 0.111. The molecule has 1 aliphatic rings. The molecule has 0 spiro atoms. The third-order valence-electron chi connectivity index (χ3n) is 3.91. The van der Waals surface area contributed by atoms with Crippen molar-refractivity contribution in [3.05, 3.63) is 30.2 Å². The van der Waals surface area contributed by atoms with Crippen molar-refractivity contribution in [3.8, 4) is 0 Å². The third-order valence-corrected chi connectivity index (χ3v) is 3.91. The molecule has 1 aromatic rings. The van der Waals surface area contributed by atoms with Gasteiger partial charge in [-0.2, -0.15) is 0 Å². The van der Waals surface area contributed by atoms with E-state index in [0.29, 0.717) is 12.3 Å². The van der Waals surface area contributed by atoms with Crippen molar-refractivity contribution in [2.24, 2.45) is 0 Å². The highest BCUT2D eigenvalue weighted by Crippen LogP contribution is 2.20. The molecule has 5 nitrogen and oxygen atoms in total. The molecule has 0 radical (unpaired) electrons. The van der Waals surface area contributed by atoms with Gasteiger partial charge in [0.2, 0.25) is 5.91 Å². The van der Waals surface area contributed by atoms with Gasteiger partial charge in [-0.1, -0.05) is 0 Å². The molecule has 5 heteroatoms. The first-order valence-electron chi connectivity index (χ1n) is 7.77. The zero-order chi connectivity index (χ0) is 16.2. The lowest BCUT2D eigenvalue weighted by atomic mass is 10.00. The number of nitrogens with zero attached hydrogens (tertiary/aromatic N) is 1. The first-order chi connectivity index (χ1) is 10.4. The Balaban J connectivity index is 1.85. The van der Waals surface area contributed by atoms with E-state index in [2.05, 4.69) is 37.9 Å². The molecule has 0 bridgehead atoms. The summed E-state index contributed by atoms with van der Waals surface area (Å²) >= 11 is 0. The molecule has 0 aliphatic carbocycles. The molecule has 1 fully saturated rings. The second-order valence-electron chi connectivity index (χ2n) is 6.54. The number of morpholine rings is 1. The van der Waals surface area contributed by atoms with E-state index in [1.807, 2.05) is 6.07 Å². The smallest absolute Gasteiger partial charge is 0.244 e. The van der Waals surface area contributed by atoms with E-state index in [9.17, 15) is 4.79 Å². The maximum atomic E-state index is 11.9. The van der Waals surface area contributed by atoms with Gasteiger partial charge in [0.05, 0.1) is 18.5 Å². The third kappa shape index (κ3) is 4.71. The minimum atomic E-state index is -0.112. The highest BCUT2D eigenvalue weighted by Gasteiger charge is 2.33. The van der Waals surface area contributed by atoms with Crippen molar-refractivity contribution in [2.45, 2.75) is 45.4 Å². The minimum Gasteiger partial charge on any atom is -0.465 e. The van der Waals surface area contributed by atoms with Gasteiger partial charge in [-0.25, -0.2) is 0 Å². The van der Waals surface area contributed by atoms with E-state index in [-0.39, 0.29) is 23.7 Å². The predicted molar refractivity (Wildman–Crippen MR) is 86.4 cm³/mol. The van der Waals surface area contributed by atoms with E-state index in [0.717, 1.165) is 13.1 Å². The molecule has 0 aromatic carbocycles. The fourth-order valence-electron chi connectivity index (χ4n) is 2.69. The molecule has 1 aliphatic heterocycles. The molecule has 0 saturated carbocycles. The van der Waals surface area contributed by atoms with Crippen LogP contribution in [-0.4, -0.2) is 48.2 Å². The summed E-state index contributed by atoms with van der Waals surface area (Å²) in [5.41, 5.74) is -0.111. The maximum Gasteiger partial charge on any atom is 0.244 e. The molecule has 2 unspecified atom stereocenters. The molecule has 1 amide bonds. The molecule has 22 heavy (non-hydrogen) atoms. The summed E-state index contributed by atoms with van der Waals surface area (Å²) in [6.07, 6.45) is 5.19. The number of carbonyl (C=O) groups is 1. The molecule has 1 N–H and O–H groups in total. The summed E-state index contributed by atoms with van der Waals surface area (Å²) in [5.74, 6) is 0.559. The Bertz CT molecular complexity index is 498. The van der Waals surface area contributed by atoms with Crippen LogP contribution in [0.3, 0.4) is 0 Å². The Morgan fingerprint density at radius 2 is 2.09 bits per heavy atom. The topological polar surface area (TPSA) is 54.7 Å². The van der Waals surface area contributed by atoms with Crippen LogP contribution in [0, 0.1) is 0 Å². The normalized spacial score (nSPS) is 23.8. The Morgan fingerprint density at radius 3 is 2.68 bits per heavy atom. The van der Waals surface area contributed by atoms with Gasteiger partial charge in [0.1, 0.15) is 5.76 Å². The molecule has 2 rings (SSSR count). The van der Waals surface area contributed by atoms with Gasteiger partial charge >= 0.3 is 0 Å². The van der Waals surface area contributed by atoms with Crippen molar-refractivity contribution in [2.75, 3.05) is 19.6 Å². The second-order valence-corrected chi connectivity index (χ2v) is 6.54. The fraction of sp³-hybridized carbons (Fsp3) is 0.588. The SMILES string of the molecule is CC1CN(C(C)(C)CNC(=O)/C=C/c2ccco2)CC(C)O1. The highest BCUT2D eigenvalue weighted by molar-refractivity contribution is 5.91. The second kappa shape index (κ2) is 7.11. The van der Waals surface area contributed by atoms with E-state index < -0.39 is 0 Å². The van der Waals surface area contributed by atoms with Crippen LogP contribution in [0.25, 0.3) is 6.08 Å². The van der Waals surface area contributed by atoms with Gasteiger partial charge < -0.3 is 14.5 Å². The highest BCUT2D eigenvalue weighted by atomic mass is 16.5. The number of hydrogen-bond acceptors (Lipinski definition) is 4. The van der Waals surface area contributed by atoms with Crippen LogP contribution in [0.4, 0.5) is 0 Å². The van der Waals surface area contributed by atoms with Crippen LogP contribution in [0.5, 0.6) is 0 Å². The number of ether oxygens (including phenoxy) is 1. The van der Waals surface area contributed by atoms with E-state index in [1.165, 1.54) is 6.08 Å². The molecule has 1 saturated heterocycles. The number of carbonyl (C=O) groups excluding carboxylic acids is 1. The van der Waals surface area contributed by atoms with E-state index in [4.69, 9.17) is 9.15 Å².